The number of nitrogens with zero attached hydrogens (tertiary/aromatic N) is 2. The summed E-state index contributed by atoms with van der Waals surface area (Å²) in [6.45, 7) is 6.44. The third-order valence-electron chi connectivity index (χ3n) is 3.96. The van der Waals surface area contributed by atoms with Gasteiger partial charge in [-0.2, -0.15) is 5.26 Å². The Morgan fingerprint density at radius 2 is 2.30 bits per heavy atom. The van der Waals surface area contributed by atoms with Crippen molar-refractivity contribution in [1.82, 2.24) is 5.32 Å². The molecular formula is C16H22ClN3. The summed E-state index contributed by atoms with van der Waals surface area (Å²) in [5, 5.41) is 13.1. The van der Waals surface area contributed by atoms with Crippen LogP contribution in [-0.2, 0) is 0 Å². The van der Waals surface area contributed by atoms with Gasteiger partial charge in [-0.05, 0) is 31.5 Å². The number of nitriles is 1. The Labute approximate surface area is 126 Å². The van der Waals surface area contributed by atoms with Crippen molar-refractivity contribution >= 4 is 17.3 Å². The average molecular weight is 292 g/mol. The maximum atomic E-state index is 8.95. The van der Waals surface area contributed by atoms with Crippen LogP contribution in [0.4, 0.5) is 5.69 Å². The molecule has 1 N–H and O–H groups in total. The second-order valence-corrected chi connectivity index (χ2v) is 5.93. The van der Waals surface area contributed by atoms with Gasteiger partial charge in [-0.3, -0.25) is 0 Å². The Hall–Kier alpha value is -1.24. The summed E-state index contributed by atoms with van der Waals surface area (Å²) in [5.41, 5.74) is 1.66. The third kappa shape index (κ3) is 3.45. The molecule has 1 aliphatic rings. The van der Waals surface area contributed by atoms with Crippen LogP contribution >= 0.6 is 11.6 Å². The van der Waals surface area contributed by atoms with E-state index in [9.17, 15) is 0 Å². The van der Waals surface area contributed by atoms with Crippen LogP contribution in [0.25, 0.3) is 0 Å². The van der Waals surface area contributed by atoms with Crippen molar-refractivity contribution < 1.29 is 0 Å². The van der Waals surface area contributed by atoms with Gasteiger partial charge in [0.15, 0.2) is 0 Å². The van der Waals surface area contributed by atoms with Crippen molar-refractivity contribution in [2.75, 3.05) is 18.0 Å². The molecule has 2 unspecified atom stereocenters. The van der Waals surface area contributed by atoms with Gasteiger partial charge in [0, 0.05) is 30.9 Å². The molecule has 1 aliphatic heterocycles. The first-order valence-electron chi connectivity index (χ1n) is 7.35. The SMILES string of the molecule is CCCCC1CN(c2ccc(C#N)c(Cl)c2)C(C)CN1. The van der Waals surface area contributed by atoms with Crippen LogP contribution in [0.15, 0.2) is 18.2 Å². The van der Waals surface area contributed by atoms with E-state index in [0.29, 0.717) is 22.7 Å². The van der Waals surface area contributed by atoms with Gasteiger partial charge in [0.2, 0.25) is 0 Å². The van der Waals surface area contributed by atoms with Crippen LogP contribution in [0.5, 0.6) is 0 Å². The molecule has 0 amide bonds. The number of piperazine rings is 1. The lowest BCUT2D eigenvalue weighted by Crippen LogP contribution is -2.55. The van der Waals surface area contributed by atoms with Crippen molar-refractivity contribution in [2.24, 2.45) is 0 Å². The Balaban J connectivity index is 2.13. The molecule has 1 saturated heterocycles. The van der Waals surface area contributed by atoms with E-state index in [0.717, 1.165) is 18.8 Å². The second kappa shape index (κ2) is 6.97. The molecule has 1 fully saturated rings. The first kappa shape index (κ1) is 15.2. The Kier molecular flexibility index (Phi) is 5.28. The van der Waals surface area contributed by atoms with Crippen LogP contribution in [0, 0.1) is 11.3 Å². The standard InChI is InChI=1S/C16H22ClN3/c1-3-4-5-14-11-20(12(2)10-19-14)15-7-6-13(9-18)16(17)8-15/h6-8,12,14,19H,3-5,10-11H2,1-2H3. The van der Waals surface area contributed by atoms with Gasteiger partial charge in [-0.25, -0.2) is 0 Å². The summed E-state index contributed by atoms with van der Waals surface area (Å²) >= 11 is 6.15. The van der Waals surface area contributed by atoms with Gasteiger partial charge in [0.25, 0.3) is 0 Å². The normalized spacial score (nSPS) is 22.6. The number of unbranched alkanes of at least 4 members (excludes halogenated alkanes) is 1. The van der Waals surface area contributed by atoms with E-state index >= 15 is 0 Å². The minimum absolute atomic E-state index is 0.442. The maximum absolute atomic E-state index is 8.95. The maximum Gasteiger partial charge on any atom is 0.101 e. The summed E-state index contributed by atoms with van der Waals surface area (Å²) < 4.78 is 0. The molecular weight excluding hydrogens is 270 g/mol. The summed E-state index contributed by atoms with van der Waals surface area (Å²) in [6, 6.07) is 8.83. The van der Waals surface area contributed by atoms with Crippen molar-refractivity contribution in [3.05, 3.63) is 28.8 Å². The van der Waals surface area contributed by atoms with Gasteiger partial charge in [0.1, 0.15) is 6.07 Å². The molecule has 3 nitrogen and oxygen atoms in total. The topological polar surface area (TPSA) is 39.1 Å². The second-order valence-electron chi connectivity index (χ2n) is 5.52. The molecule has 0 bridgehead atoms. The number of hydrogen-bond acceptors (Lipinski definition) is 3. The lowest BCUT2D eigenvalue weighted by Gasteiger charge is -2.40. The molecule has 0 radical (unpaired) electrons. The smallest absolute Gasteiger partial charge is 0.101 e. The zero-order chi connectivity index (χ0) is 14.5. The first-order chi connectivity index (χ1) is 9.65. The molecule has 1 aromatic rings. The molecule has 0 aliphatic carbocycles. The monoisotopic (exact) mass is 291 g/mol. The molecule has 20 heavy (non-hydrogen) atoms. The molecule has 0 aromatic heterocycles. The van der Waals surface area contributed by atoms with E-state index in [1.54, 1.807) is 0 Å². The van der Waals surface area contributed by atoms with E-state index in [1.165, 1.54) is 19.3 Å². The Bertz CT molecular complexity index is 493. The molecule has 1 aromatic carbocycles. The van der Waals surface area contributed by atoms with Gasteiger partial charge < -0.3 is 10.2 Å². The van der Waals surface area contributed by atoms with Gasteiger partial charge in [-0.1, -0.05) is 31.4 Å². The number of hydrogen-bond donors (Lipinski definition) is 1. The highest BCUT2D eigenvalue weighted by Gasteiger charge is 2.25. The Morgan fingerprint density at radius 1 is 1.50 bits per heavy atom. The van der Waals surface area contributed by atoms with E-state index in [4.69, 9.17) is 16.9 Å². The van der Waals surface area contributed by atoms with Gasteiger partial charge in [-0.15, -0.1) is 0 Å². The van der Waals surface area contributed by atoms with E-state index in [2.05, 4.69) is 30.1 Å². The van der Waals surface area contributed by atoms with Crippen molar-refractivity contribution in [1.29, 1.82) is 5.26 Å². The van der Waals surface area contributed by atoms with Crippen LogP contribution in [0.1, 0.15) is 38.7 Å². The van der Waals surface area contributed by atoms with Crippen LogP contribution < -0.4 is 10.2 Å². The molecule has 1 heterocycles. The van der Waals surface area contributed by atoms with Crippen molar-refractivity contribution in [3.8, 4) is 6.07 Å². The predicted molar refractivity (Wildman–Crippen MR) is 84.3 cm³/mol. The number of rotatable bonds is 4. The third-order valence-corrected chi connectivity index (χ3v) is 4.27. The highest BCUT2D eigenvalue weighted by atomic mass is 35.5. The summed E-state index contributed by atoms with van der Waals surface area (Å²) in [4.78, 5) is 2.39. The van der Waals surface area contributed by atoms with E-state index in [-0.39, 0.29) is 0 Å². The molecule has 0 spiro atoms. The molecule has 108 valence electrons. The summed E-state index contributed by atoms with van der Waals surface area (Å²) in [7, 11) is 0. The van der Waals surface area contributed by atoms with E-state index < -0.39 is 0 Å². The number of anilines is 1. The molecule has 2 rings (SSSR count). The molecule has 4 heteroatoms. The zero-order valence-corrected chi connectivity index (χ0v) is 13.0. The lowest BCUT2D eigenvalue weighted by molar-refractivity contribution is 0.381. The number of nitrogens with one attached hydrogen (secondary N) is 1. The van der Waals surface area contributed by atoms with E-state index in [1.807, 2.05) is 18.2 Å². The van der Waals surface area contributed by atoms with Crippen LogP contribution in [0.3, 0.4) is 0 Å². The summed E-state index contributed by atoms with van der Waals surface area (Å²) in [5.74, 6) is 0. The van der Waals surface area contributed by atoms with Gasteiger partial charge in [0.05, 0.1) is 10.6 Å². The fourth-order valence-electron chi connectivity index (χ4n) is 2.71. The van der Waals surface area contributed by atoms with Crippen LogP contribution in [-0.4, -0.2) is 25.2 Å². The lowest BCUT2D eigenvalue weighted by atomic mass is 10.0. The highest BCUT2D eigenvalue weighted by molar-refractivity contribution is 6.32. The largest absolute Gasteiger partial charge is 0.366 e. The minimum atomic E-state index is 0.442. The summed E-state index contributed by atoms with van der Waals surface area (Å²) in [6.07, 6.45) is 3.70. The molecule has 2 atom stereocenters. The molecule has 0 saturated carbocycles. The van der Waals surface area contributed by atoms with Crippen LogP contribution in [0.2, 0.25) is 5.02 Å². The fourth-order valence-corrected chi connectivity index (χ4v) is 2.92. The predicted octanol–water partition coefficient (Wildman–Crippen LogP) is 3.57. The van der Waals surface area contributed by atoms with Gasteiger partial charge >= 0.3 is 0 Å². The number of benzene rings is 1. The zero-order valence-electron chi connectivity index (χ0n) is 12.2. The Morgan fingerprint density at radius 3 is 2.95 bits per heavy atom. The minimum Gasteiger partial charge on any atom is -0.366 e. The quantitative estimate of drug-likeness (QED) is 0.922. The first-order valence-corrected chi connectivity index (χ1v) is 7.73. The highest BCUT2D eigenvalue weighted by Crippen LogP contribution is 2.26. The van der Waals surface area contributed by atoms with Crippen molar-refractivity contribution in [2.45, 2.75) is 45.2 Å². The fraction of sp³-hybridized carbons (Fsp3) is 0.562. The number of halogens is 1. The van der Waals surface area contributed by atoms with Crippen molar-refractivity contribution in [3.63, 3.8) is 0 Å². The average Bonchev–Trinajstić information content (AvgIpc) is 2.46.